The SMILES string of the molecule is O=C(Nc1ncc(Cc2ccc(F)cc2)s1)c1ccc2c(c1)CCCC2. The molecule has 5 heteroatoms. The fourth-order valence-corrected chi connectivity index (χ4v) is 4.14. The van der Waals surface area contributed by atoms with Crippen LogP contribution >= 0.6 is 11.3 Å². The maximum atomic E-state index is 13.0. The molecule has 1 amide bonds. The Kier molecular flexibility index (Phi) is 4.80. The van der Waals surface area contributed by atoms with E-state index in [4.69, 9.17) is 0 Å². The number of nitrogens with one attached hydrogen (secondary N) is 1. The number of aryl methyl sites for hydroxylation is 2. The largest absolute Gasteiger partial charge is 0.298 e. The Morgan fingerprint density at radius 1 is 1.08 bits per heavy atom. The molecule has 3 aromatic rings. The first-order valence-corrected chi connectivity index (χ1v) is 9.61. The third kappa shape index (κ3) is 3.83. The Bertz CT molecular complexity index is 933. The molecular weight excluding hydrogens is 347 g/mol. The Morgan fingerprint density at radius 2 is 1.85 bits per heavy atom. The first kappa shape index (κ1) is 16.9. The molecule has 0 atom stereocenters. The van der Waals surface area contributed by atoms with Crippen molar-refractivity contribution in [1.82, 2.24) is 4.98 Å². The number of carbonyl (C=O) groups is 1. The van der Waals surface area contributed by atoms with Crippen LogP contribution in [0, 0.1) is 5.82 Å². The number of amides is 1. The summed E-state index contributed by atoms with van der Waals surface area (Å²) in [6.07, 6.45) is 7.01. The van der Waals surface area contributed by atoms with Crippen LogP contribution in [0.25, 0.3) is 0 Å². The number of anilines is 1. The van der Waals surface area contributed by atoms with Gasteiger partial charge in [-0.05, 0) is 66.6 Å². The van der Waals surface area contributed by atoms with Gasteiger partial charge < -0.3 is 0 Å². The number of nitrogens with zero attached hydrogens (tertiary/aromatic N) is 1. The normalized spacial score (nSPS) is 13.3. The number of hydrogen-bond acceptors (Lipinski definition) is 3. The summed E-state index contributed by atoms with van der Waals surface area (Å²) in [7, 11) is 0. The van der Waals surface area contributed by atoms with Crippen molar-refractivity contribution in [2.45, 2.75) is 32.1 Å². The van der Waals surface area contributed by atoms with Crippen LogP contribution in [-0.4, -0.2) is 10.9 Å². The highest BCUT2D eigenvalue weighted by atomic mass is 32.1. The van der Waals surface area contributed by atoms with E-state index < -0.39 is 0 Å². The number of benzene rings is 2. The summed E-state index contributed by atoms with van der Waals surface area (Å²) >= 11 is 1.45. The Hall–Kier alpha value is -2.53. The van der Waals surface area contributed by atoms with Gasteiger partial charge in [0.25, 0.3) is 5.91 Å². The predicted octanol–water partition coefficient (Wildman–Crippen LogP) is 5.00. The van der Waals surface area contributed by atoms with Gasteiger partial charge in [0.1, 0.15) is 5.82 Å². The van der Waals surface area contributed by atoms with Gasteiger partial charge in [-0.1, -0.05) is 18.2 Å². The average Bonchev–Trinajstić information content (AvgIpc) is 3.10. The minimum Gasteiger partial charge on any atom is -0.298 e. The lowest BCUT2D eigenvalue weighted by Gasteiger charge is -2.16. The molecule has 0 unspecified atom stereocenters. The van der Waals surface area contributed by atoms with Gasteiger partial charge in [-0.2, -0.15) is 0 Å². The Morgan fingerprint density at radius 3 is 2.65 bits per heavy atom. The molecule has 26 heavy (non-hydrogen) atoms. The molecule has 4 rings (SSSR count). The first-order chi connectivity index (χ1) is 12.7. The molecule has 1 aliphatic carbocycles. The van der Waals surface area contributed by atoms with Gasteiger partial charge in [0.2, 0.25) is 0 Å². The maximum Gasteiger partial charge on any atom is 0.257 e. The molecule has 3 nitrogen and oxygen atoms in total. The zero-order chi connectivity index (χ0) is 17.9. The van der Waals surface area contributed by atoms with E-state index in [0.717, 1.165) is 23.3 Å². The Labute approximate surface area is 155 Å². The van der Waals surface area contributed by atoms with Gasteiger partial charge in [0, 0.05) is 23.1 Å². The van der Waals surface area contributed by atoms with Crippen molar-refractivity contribution in [2.75, 3.05) is 5.32 Å². The second-order valence-electron chi connectivity index (χ2n) is 6.58. The van der Waals surface area contributed by atoms with Gasteiger partial charge in [0.05, 0.1) is 0 Å². The number of fused-ring (bicyclic) bond motifs is 1. The molecule has 0 aliphatic heterocycles. The van der Waals surface area contributed by atoms with Crippen LogP contribution in [0.3, 0.4) is 0 Å². The second-order valence-corrected chi connectivity index (χ2v) is 7.69. The summed E-state index contributed by atoms with van der Waals surface area (Å²) in [6.45, 7) is 0. The fourth-order valence-electron chi connectivity index (χ4n) is 3.29. The molecule has 132 valence electrons. The number of aromatic nitrogens is 1. The van der Waals surface area contributed by atoms with E-state index in [2.05, 4.69) is 16.4 Å². The minimum absolute atomic E-state index is 0.124. The van der Waals surface area contributed by atoms with Crippen molar-refractivity contribution < 1.29 is 9.18 Å². The molecule has 0 saturated heterocycles. The van der Waals surface area contributed by atoms with E-state index >= 15 is 0 Å². The number of carbonyl (C=O) groups excluding carboxylic acids is 1. The Balaban J connectivity index is 1.43. The van der Waals surface area contributed by atoms with Crippen molar-refractivity contribution in [3.05, 3.63) is 81.6 Å². The zero-order valence-electron chi connectivity index (χ0n) is 14.3. The average molecular weight is 366 g/mol. The number of halogens is 1. The third-order valence-electron chi connectivity index (χ3n) is 4.68. The van der Waals surface area contributed by atoms with Crippen molar-refractivity contribution in [1.29, 1.82) is 0 Å². The fraction of sp³-hybridized carbons (Fsp3) is 0.238. The highest BCUT2D eigenvalue weighted by Gasteiger charge is 2.14. The molecule has 0 fully saturated rings. The number of thiazole rings is 1. The van der Waals surface area contributed by atoms with E-state index in [1.807, 2.05) is 12.1 Å². The van der Waals surface area contributed by atoms with Crippen LogP contribution in [0.15, 0.2) is 48.7 Å². The molecule has 0 bridgehead atoms. The van der Waals surface area contributed by atoms with E-state index in [1.54, 1.807) is 18.3 Å². The molecule has 0 saturated carbocycles. The van der Waals surface area contributed by atoms with Gasteiger partial charge in [0.15, 0.2) is 5.13 Å². The van der Waals surface area contributed by atoms with Crippen LogP contribution in [0.4, 0.5) is 9.52 Å². The molecular formula is C21H19FN2OS. The van der Waals surface area contributed by atoms with Crippen LogP contribution in [0.2, 0.25) is 0 Å². The standard InChI is InChI=1S/C21H19FN2OS/c22-18-9-5-14(6-10-18)11-19-13-23-21(26-19)24-20(25)17-8-7-15-3-1-2-4-16(15)12-17/h5-10,12-13H,1-4,11H2,(H,23,24,25). The van der Waals surface area contributed by atoms with Crippen LogP contribution in [-0.2, 0) is 19.3 Å². The molecule has 0 radical (unpaired) electrons. The summed E-state index contributed by atoms with van der Waals surface area (Å²) in [5.41, 5.74) is 4.35. The predicted molar refractivity (Wildman–Crippen MR) is 102 cm³/mol. The van der Waals surface area contributed by atoms with E-state index in [9.17, 15) is 9.18 Å². The monoisotopic (exact) mass is 366 g/mol. The van der Waals surface area contributed by atoms with Crippen molar-refractivity contribution >= 4 is 22.4 Å². The van der Waals surface area contributed by atoms with Gasteiger partial charge in [-0.15, -0.1) is 11.3 Å². The minimum atomic E-state index is -0.240. The van der Waals surface area contributed by atoms with E-state index in [1.165, 1.54) is 47.4 Å². The summed E-state index contributed by atoms with van der Waals surface area (Å²) in [6, 6.07) is 12.4. The quantitative estimate of drug-likeness (QED) is 0.706. The van der Waals surface area contributed by atoms with Crippen LogP contribution in [0.1, 0.15) is 44.8 Å². The molecule has 1 heterocycles. The van der Waals surface area contributed by atoms with Crippen molar-refractivity contribution in [3.63, 3.8) is 0 Å². The third-order valence-corrected chi connectivity index (χ3v) is 5.59. The molecule has 1 N–H and O–H groups in total. The molecule has 1 aromatic heterocycles. The number of hydrogen-bond donors (Lipinski definition) is 1. The summed E-state index contributed by atoms with van der Waals surface area (Å²) in [5, 5.41) is 3.48. The summed E-state index contributed by atoms with van der Waals surface area (Å²) in [4.78, 5) is 17.8. The molecule has 2 aromatic carbocycles. The van der Waals surface area contributed by atoms with Gasteiger partial charge in [-0.25, -0.2) is 9.37 Å². The topological polar surface area (TPSA) is 42.0 Å². The van der Waals surface area contributed by atoms with Gasteiger partial charge in [-0.3, -0.25) is 10.1 Å². The lowest BCUT2D eigenvalue weighted by atomic mass is 9.90. The zero-order valence-corrected chi connectivity index (χ0v) is 15.1. The number of rotatable bonds is 4. The van der Waals surface area contributed by atoms with Crippen LogP contribution in [0.5, 0.6) is 0 Å². The lowest BCUT2D eigenvalue weighted by Crippen LogP contribution is -2.13. The van der Waals surface area contributed by atoms with Crippen LogP contribution < -0.4 is 5.32 Å². The summed E-state index contributed by atoms with van der Waals surface area (Å²) < 4.78 is 13.0. The van der Waals surface area contributed by atoms with E-state index in [-0.39, 0.29) is 11.7 Å². The van der Waals surface area contributed by atoms with Gasteiger partial charge >= 0.3 is 0 Å². The smallest absolute Gasteiger partial charge is 0.257 e. The van der Waals surface area contributed by atoms with Crippen molar-refractivity contribution in [3.8, 4) is 0 Å². The van der Waals surface area contributed by atoms with Crippen molar-refractivity contribution in [2.24, 2.45) is 0 Å². The maximum absolute atomic E-state index is 13.0. The lowest BCUT2D eigenvalue weighted by molar-refractivity contribution is 0.102. The highest BCUT2D eigenvalue weighted by molar-refractivity contribution is 7.15. The second kappa shape index (κ2) is 7.38. The summed E-state index contributed by atoms with van der Waals surface area (Å²) in [5.74, 6) is -0.364. The first-order valence-electron chi connectivity index (χ1n) is 8.80. The van der Waals surface area contributed by atoms with E-state index in [0.29, 0.717) is 17.1 Å². The highest BCUT2D eigenvalue weighted by Crippen LogP contribution is 2.24. The molecule has 1 aliphatic rings. The molecule has 0 spiro atoms.